The predicted octanol–water partition coefficient (Wildman–Crippen LogP) is 1.91. The second-order valence-electron chi connectivity index (χ2n) is 4.71. The van der Waals surface area contributed by atoms with Crippen molar-refractivity contribution in [2.24, 2.45) is 5.92 Å². The average molecular weight is 283 g/mol. The molecule has 0 aliphatic carbocycles. The molecule has 5 nitrogen and oxygen atoms in total. The third kappa shape index (κ3) is 3.17. The zero-order valence-electron chi connectivity index (χ0n) is 10.5. The van der Waals surface area contributed by atoms with Gasteiger partial charge in [0, 0.05) is 31.7 Å². The molecule has 1 saturated heterocycles. The number of urea groups is 1. The molecule has 6 heteroatoms. The van der Waals surface area contributed by atoms with Crippen LogP contribution in [0.5, 0.6) is 0 Å². The molecule has 2 rings (SSSR count). The van der Waals surface area contributed by atoms with Gasteiger partial charge in [0.15, 0.2) is 0 Å². The van der Waals surface area contributed by atoms with E-state index in [1.54, 1.807) is 24.1 Å². The maximum Gasteiger partial charge on any atom is 0.320 e. The van der Waals surface area contributed by atoms with Crippen molar-refractivity contribution in [3.63, 3.8) is 0 Å². The third-order valence-electron chi connectivity index (χ3n) is 3.16. The highest BCUT2D eigenvalue weighted by Gasteiger charge is 2.36. The number of aliphatic carboxylic acids is 1. The molecule has 1 aliphatic rings. The van der Waals surface area contributed by atoms with Gasteiger partial charge in [-0.25, -0.2) is 4.79 Å². The Labute approximate surface area is 116 Å². The largest absolute Gasteiger partial charge is 0.481 e. The van der Waals surface area contributed by atoms with Crippen molar-refractivity contribution in [3.05, 3.63) is 34.9 Å². The molecule has 1 aromatic rings. The van der Waals surface area contributed by atoms with Crippen molar-refractivity contribution >= 4 is 23.6 Å². The van der Waals surface area contributed by atoms with Gasteiger partial charge in [0.1, 0.15) is 0 Å². The van der Waals surface area contributed by atoms with E-state index >= 15 is 0 Å². The zero-order chi connectivity index (χ0) is 14.0. The molecule has 0 unspecified atom stereocenters. The number of amides is 2. The number of halogens is 1. The summed E-state index contributed by atoms with van der Waals surface area (Å²) >= 11 is 5.79. The quantitative estimate of drug-likeness (QED) is 0.921. The smallest absolute Gasteiger partial charge is 0.320 e. The van der Waals surface area contributed by atoms with E-state index in [0.717, 1.165) is 5.56 Å². The molecule has 0 bridgehead atoms. The van der Waals surface area contributed by atoms with Gasteiger partial charge in [0.05, 0.1) is 5.92 Å². The van der Waals surface area contributed by atoms with Gasteiger partial charge in [-0.05, 0) is 17.7 Å². The molecular weight excluding hydrogens is 268 g/mol. The average Bonchev–Trinajstić information content (AvgIpc) is 2.29. The van der Waals surface area contributed by atoms with Crippen molar-refractivity contribution in [2.75, 3.05) is 20.1 Å². The van der Waals surface area contributed by atoms with Gasteiger partial charge in [0.2, 0.25) is 0 Å². The first-order chi connectivity index (χ1) is 8.97. The van der Waals surface area contributed by atoms with Gasteiger partial charge in [-0.15, -0.1) is 0 Å². The minimum atomic E-state index is -0.843. The van der Waals surface area contributed by atoms with E-state index in [4.69, 9.17) is 16.7 Å². The van der Waals surface area contributed by atoms with E-state index in [2.05, 4.69) is 0 Å². The second kappa shape index (κ2) is 5.48. The number of carboxylic acid groups (broad SMARTS) is 1. The van der Waals surface area contributed by atoms with Crippen LogP contribution in [0.25, 0.3) is 0 Å². The van der Waals surface area contributed by atoms with Gasteiger partial charge < -0.3 is 14.9 Å². The fraction of sp³-hybridized carbons (Fsp3) is 0.385. The first-order valence-electron chi connectivity index (χ1n) is 5.94. The lowest BCUT2D eigenvalue weighted by Gasteiger charge is -2.39. The van der Waals surface area contributed by atoms with Gasteiger partial charge in [0.25, 0.3) is 0 Å². The van der Waals surface area contributed by atoms with Crippen LogP contribution in [0.3, 0.4) is 0 Å². The molecule has 1 aliphatic heterocycles. The Morgan fingerprint density at radius 1 is 1.37 bits per heavy atom. The minimum Gasteiger partial charge on any atom is -0.481 e. The predicted molar refractivity (Wildman–Crippen MR) is 71.0 cm³/mol. The van der Waals surface area contributed by atoms with Crippen LogP contribution in [0.1, 0.15) is 5.56 Å². The number of carbonyl (C=O) groups excluding carboxylic acids is 1. The first kappa shape index (κ1) is 13.7. The number of hydrogen-bond acceptors (Lipinski definition) is 2. The summed E-state index contributed by atoms with van der Waals surface area (Å²) < 4.78 is 0. The molecule has 102 valence electrons. The molecule has 1 heterocycles. The topological polar surface area (TPSA) is 60.9 Å². The van der Waals surface area contributed by atoms with Gasteiger partial charge in [-0.3, -0.25) is 4.79 Å². The van der Waals surface area contributed by atoms with E-state index in [0.29, 0.717) is 24.7 Å². The molecule has 0 radical (unpaired) electrons. The van der Waals surface area contributed by atoms with Crippen LogP contribution in [0, 0.1) is 5.92 Å². The van der Waals surface area contributed by atoms with Crippen molar-refractivity contribution in [2.45, 2.75) is 6.54 Å². The van der Waals surface area contributed by atoms with Crippen LogP contribution in [0.2, 0.25) is 5.02 Å². The Hall–Kier alpha value is -1.75. The fourth-order valence-electron chi connectivity index (χ4n) is 1.96. The highest BCUT2D eigenvalue weighted by Crippen LogP contribution is 2.18. The van der Waals surface area contributed by atoms with E-state index in [1.165, 1.54) is 4.90 Å². The normalized spacial score (nSPS) is 14.9. The van der Waals surface area contributed by atoms with Crippen LogP contribution in [0.4, 0.5) is 4.79 Å². The summed E-state index contributed by atoms with van der Waals surface area (Å²) in [5, 5.41) is 9.43. The zero-order valence-corrected chi connectivity index (χ0v) is 11.3. The van der Waals surface area contributed by atoms with Crippen molar-refractivity contribution in [1.29, 1.82) is 0 Å². The molecule has 0 spiro atoms. The molecular formula is C13H15ClN2O3. The summed E-state index contributed by atoms with van der Waals surface area (Å²) in [6.07, 6.45) is 0. The lowest BCUT2D eigenvalue weighted by atomic mass is 10.0. The molecule has 1 N–H and O–H groups in total. The van der Waals surface area contributed by atoms with Crippen LogP contribution < -0.4 is 0 Å². The first-order valence-corrected chi connectivity index (χ1v) is 6.32. The molecule has 0 saturated carbocycles. The van der Waals surface area contributed by atoms with Crippen LogP contribution in [0.15, 0.2) is 24.3 Å². The Balaban J connectivity index is 1.87. The van der Waals surface area contributed by atoms with E-state index < -0.39 is 11.9 Å². The number of hydrogen-bond donors (Lipinski definition) is 1. The van der Waals surface area contributed by atoms with Gasteiger partial charge in [-0.2, -0.15) is 0 Å². The molecule has 1 fully saturated rings. The number of nitrogens with zero attached hydrogens (tertiary/aromatic N) is 2. The standard InChI is InChI=1S/C13H15ClN2O3/c1-15(6-9-2-4-11(14)5-3-9)13(19)16-7-10(8-16)12(17)18/h2-5,10H,6-8H2,1H3,(H,17,18). The lowest BCUT2D eigenvalue weighted by molar-refractivity contribution is -0.146. The lowest BCUT2D eigenvalue weighted by Crippen LogP contribution is -2.56. The number of likely N-dealkylation sites (tertiary alicyclic amines) is 1. The number of rotatable bonds is 3. The summed E-state index contributed by atoms with van der Waals surface area (Å²) in [6, 6.07) is 7.14. The van der Waals surface area contributed by atoms with Gasteiger partial charge >= 0.3 is 12.0 Å². The van der Waals surface area contributed by atoms with Crippen molar-refractivity contribution in [3.8, 4) is 0 Å². The van der Waals surface area contributed by atoms with E-state index in [1.807, 2.05) is 12.1 Å². The molecule has 2 amide bonds. The Bertz CT molecular complexity index is 483. The van der Waals surface area contributed by atoms with E-state index in [9.17, 15) is 9.59 Å². The maximum absolute atomic E-state index is 12.0. The molecule has 1 aromatic carbocycles. The van der Waals surface area contributed by atoms with Crippen molar-refractivity contribution in [1.82, 2.24) is 9.80 Å². The summed E-state index contributed by atoms with van der Waals surface area (Å²) in [4.78, 5) is 25.8. The molecule has 0 atom stereocenters. The van der Waals surface area contributed by atoms with Crippen LogP contribution in [-0.2, 0) is 11.3 Å². The SMILES string of the molecule is CN(Cc1ccc(Cl)cc1)C(=O)N1CC(C(=O)O)C1. The third-order valence-corrected chi connectivity index (χ3v) is 3.41. The number of benzene rings is 1. The Morgan fingerprint density at radius 2 is 1.95 bits per heavy atom. The maximum atomic E-state index is 12.0. The summed E-state index contributed by atoms with van der Waals surface area (Å²) in [7, 11) is 1.70. The Kier molecular flexibility index (Phi) is 3.95. The van der Waals surface area contributed by atoms with Crippen molar-refractivity contribution < 1.29 is 14.7 Å². The highest BCUT2D eigenvalue weighted by molar-refractivity contribution is 6.30. The van der Waals surface area contributed by atoms with Crippen LogP contribution >= 0.6 is 11.6 Å². The summed E-state index contributed by atoms with van der Waals surface area (Å²) in [6.45, 7) is 1.06. The van der Waals surface area contributed by atoms with Gasteiger partial charge in [-0.1, -0.05) is 23.7 Å². The molecule has 19 heavy (non-hydrogen) atoms. The fourth-order valence-corrected chi connectivity index (χ4v) is 2.09. The second-order valence-corrected chi connectivity index (χ2v) is 5.14. The summed E-state index contributed by atoms with van der Waals surface area (Å²) in [5.41, 5.74) is 0.982. The highest BCUT2D eigenvalue weighted by atomic mass is 35.5. The monoisotopic (exact) mass is 282 g/mol. The Morgan fingerprint density at radius 3 is 2.47 bits per heavy atom. The number of carboxylic acids is 1. The number of carbonyl (C=O) groups is 2. The minimum absolute atomic E-state index is 0.146. The van der Waals surface area contributed by atoms with Crippen LogP contribution in [-0.4, -0.2) is 47.0 Å². The van der Waals surface area contributed by atoms with E-state index in [-0.39, 0.29) is 6.03 Å². The summed E-state index contributed by atoms with van der Waals surface area (Å²) in [5.74, 6) is -1.27. The molecule has 0 aromatic heterocycles.